The highest BCUT2D eigenvalue weighted by molar-refractivity contribution is 5.98. The Bertz CT molecular complexity index is 4050. The van der Waals surface area contributed by atoms with Crippen molar-refractivity contribution in [2.45, 2.75) is 40.2 Å². The van der Waals surface area contributed by atoms with Crippen LogP contribution in [0, 0.1) is 6.92 Å². The summed E-state index contributed by atoms with van der Waals surface area (Å²) in [4.78, 5) is 37.5. The van der Waals surface area contributed by atoms with Gasteiger partial charge in [-0.05, 0) is 127 Å². The molecule has 0 radical (unpaired) electrons. The topological polar surface area (TPSA) is 191 Å². The van der Waals surface area contributed by atoms with E-state index in [2.05, 4.69) is 110 Å². The van der Waals surface area contributed by atoms with Gasteiger partial charge in [-0.15, -0.1) is 0 Å². The van der Waals surface area contributed by atoms with E-state index in [4.69, 9.17) is 9.97 Å². The Labute approximate surface area is 451 Å². The summed E-state index contributed by atoms with van der Waals surface area (Å²) in [6, 6.07) is 38.6. The van der Waals surface area contributed by atoms with Crippen LogP contribution < -0.4 is 10.6 Å². The zero-order chi connectivity index (χ0) is 53.4. The first kappa shape index (κ1) is 50.2. The van der Waals surface area contributed by atoms with Crippen molar-refractivity contribution in [2.75, 3.05) is 23.7 Å². The van der Waals surface area contributed by atoms with Crippen LogP contribution >= 0.6 is 0 Å². The van der Waals surface area contributed by atoms with E-state index in [0.717, 1.165) is 143 Å². The lowest BCUT2D eigenvalue weighted by Crippen LogP contribution is -2.18. The van der Waals surface area contributed by atoms with Crippen LogP contribution in [-0.4, -0.2) is 78.3 Å². The number of nitrogens with zero attached hydrogens (tertiary/aromatic N) is 10. The monoisotopic (exact) mass is 1020 g/mol. The molecule has 0 amide bonds. The summed E-state index contributed by atoms with van der Waals surface area (Å²) in [6.07, 6.45) is 20.8. The van der Waals surface area contributed by atoms with Gasteiger partial charge >= 0.3 is 0 Å². The molecule has 15 nitrogen and oxygen atoms in total. The van der Waals surface area contributed by atoms with E-state index in [-0.39, 0.29) is 0 Å². The maximum atomic E-state index is 4.96. The molecule has 0 atom stereocenters. The van der Waals surface area contributed by atoms with Gasteiger partial charge in [-0.25, -0.2) is 4.98 Å². The van der Waals surface area contributed by atoms with Crippen LogP contribution in [0.4, 0.5) is 11.4 Å². The largest absolute Gasteiger partial charge is 0.354 e. The van der Waals surface area contributed by atoms with Crippen molar-refractivity contribution in [2.24, 2.45) is 0 Å². The minimum atomic E-state index is 0.686. The average molecular weight is 1020 g/mol. The van der Waals surface area contributed by atoms with Crippen molar-refractivity contribution in [1.82, 2.24) is 65.2 Å². The van der Waals surface area contributed by atoms with Gasteiger partial charge in [0.2, 0.25) is 0 Å². The number of hydrogen-bond donors (Lipinski definition) is 5. The molecule has 0 spiro atoms. The average Bonchev–Trinajstić information content (AvgIpc) is 4.36. The fraction of sp³-hybridized carbons (Fsp3) is 0.127. The maximum absolute atomic E-state index is 4.96. The Balaban J connectivity index is 0.000000161. The molecule has 9 aromatic heterocycles. The van der Waals surface area contributed by atoms with Crippen LogP contribution in [0.25, 0.3) is 101 Å². The van der Waals surface area contributed by atoms with E-state index in [1.807, 2.05) is 123 Å². The second-order valence-electron chi connectivity index (χ2n) is 18.7. The van der Waals surface area contributed by atoms with E-state index < -0.39 is 0 Å². The molecule has 12 aromatic rings. The van der Waals surface area contributed by atoms with Crippen molar-refractivity contribution in [1.29, 1.82) is 0 Å². The first-order valence-electron chi connectivity index (χ1n) is 26.1. The van der Waals surface area contributed by atoms with Gasteiger partial charge in [0.05, 0.1) is 63.4 Å². The fourth-order valence-electron chi connectivity index (χ4n) is 9.75. The molecule has 1 aliphatic rings. The molecule has 1 fully saturated rings. The molecule has 3 aromatic carbocycles. The molecule has 0 bridgehead atoms. The van der Waals surface area contributed by atoms with Crippen LogP contribution in [0.5, 0.6) is 0 Å². The van der Waals surface area contributed by atoms with Crippen LogP contribution in [0.3, 0.4) is 0 Å². The normalized spacial score (nSPS) is 12.2. The zero-order valence-electron chi connectivity index (χ0n) is 43.7. The minimum absolute atomic E-state index is 0.686. The molecule has 0 aliphatic carbocycles. The second kappa shape index (κ2) is 22.9. The molecule has 10 heterocycles. The molecule has 1 saturated heterocycles. The zero-order valence-corrected chi connectivity index (χ0v) is 43.7. The molecule has 0 saturated carbocycles. The number of hydrogen-bond acceptors (Lipinski definition) is 12. The van der Waals surface area contributed by atoms with Crippen molar-refractivity contribution >= 4 is 55.6 Å². The third-order valence-electron chi connectivity index (χ3n) is 13.7. The van der Waals surface area contributed by atoms with Crippen molar-refractivity contribution in [3.63, 3.8) is 0 Å². The first-order chi connectivity index (χ1) is 38.4. The van der Waals surface area contributed by atoms with Gasteiger partial charge in [0.15, 0.2) is 5.82 Å². The fourth-order valence-corrected chi connectivity index (χ4v) is 9.75. The van der Waals surface area contributed by atoms with Gasteiger partial charge in [0.25, 0.3) is 0 Å². The van der Waals surface area contributed by atoms with Gasteiger partial charge < -0.3 is 15.6 Å². The van der Waals surface area contributed by atoms with Crippen LogP contribution in [0.1, 0.15) is 49.1 Å². The number of likely N-dealkylation sites (tertiary alicyclic amines) is 1. The lowest BCUT2D eigenvalue weighted by molar-refractivity contribution is 0.331. The smallest absolute Gasteiger partial charge is 0.159 e. The summed E-state index contributed by atoms with van der Waals surface area (Å²) in [7, 11) is 0. The highest BCUT2D eigenvalue weighted by atomic mass is 15.2. The molecule has 5 N–H and O–H groups in total. The Morgan fingerprint density at radius 3 is 1.96 bits per heavy atom. The molecule has 0 unspecified atom stereocenters. The number of fused-ring (bicyclic) bond motifs is 3. The molecule has 15 heteroatoms. The van der Waals surface area contributed by atoms with Crippen LogP contribution in [0.2, 0.25) is 0 Å². The van der Waals surface area contributed by atoms with Gasteiger partial charge in [-0.2, -0.15) is 10.2 Å². The summed E-state index contributed by atoms with van der Waals surface area (Å²) in [6.45, 7) is 17.8. The SMILES string of the molecule is C=C(Nc1cncc(-c2cc3c(C(=C)Nc4cccc(-c5ccncc5)c4C)n[nH]c3cn2)c1)c1ccccc1.CC.c1cc(-c2ccncc2)c2nc(-c3n[nH]c4cnc(-c5cncc(CN6CCCC6)c5)cc34)[nH]c2c1. The second-order valence-corrected chi connectivity index (χ2v) is 18.7. The molecular formula is C63H57N15. The number of pyridine rings is 6. The summed E-state index contributed by atoms with van der Waals surface area (Å²) in [5.74, 6) is 0.718. The number of para-hydroxylation sites is 1. The van der Waals surface area contributed by atoms with Gasteiger partial charge in [-0.1, -0.05) is 81.6 Å². The van der Waals surface area contributed by atoms with Gasteiger partial charge in [0, 0.05) is 88.8 Å². The number of imidazole rings is 1. The van der Waals surface area contributed by atoms with Crippen LogP contribution in [-0.2, 0) is 6.54 Å². The quantitative estimate of drug-likeness (QED) is 0.0736. The standard InChI is InChI=1S/C33H27N7.C28H24N8.C2H6/c1-21-28(25-12-14-34-15-13-25)10-7-11-30(21)38-23(3)33-29-17-31(36-20-32(29)39-40-33)26-16-27(19-35-18-26)37-22(2)24-8-5-4-6-9-24;1-2-11-36(10-1)17-18-12-20(15-30-14-18)24-13-22-25(16-31-24)34-35-27(22)28-32-23-5-3-4-21(26(23)33-28)19-6-8-29-9-7-19;1-2/h4-20,37-38H,2-3H2,1H3,(H,39,40);3-9,12-16H,1-2,10-11,17H2,(H,32,33)(H,34,35);1-2H3. The summed E-state index contributed by atoms with van der Waals surface area (Å²) < 4.78 is 0. The summed E-state index contributed by atoms with van der Waals surface area (Å²) in [5.41, 5.74) is 19.6. The number of aromatic nitrogens is 12. The van der Waals surface area contributed by atoms with Gasteiger partial charge in [-0.3, -0.25) is 45.0 Å². The van der Waals surface area contributed by atoms with E-state index >= 15 is 0 Å². The van der Waals surface area contributed by atoms with E-state index in [1.54, 1.807) is 43.4 Å². The van der Waals surface area contributed by atoms with Crippen LogP contribution in [0.15, 0.2) is 190 Å². The number of aromatic amines is 3. The minimum Gasteiger partial charge on any atom is -0.354 e. The first-order valence-corrected chi connectivity index (χ1v) is 26.1. The van der Waals surface area contributed by atoms with E-state index in [9.17, 15) is 0 Å². The highest BCUT2D eigenvalue weighted by Gasteiger charge is 2.19. The Hall–Kier alpha value is -9.99. The number of rotatable bonds is 13. The van der Waals surface area contributed by atoms with E-state index in [0.29, 0.717) is 5.70 Å². The molecule has 384 valence electrons. The lowest BCUT2D eigenvalue weighted by atomic mass is 10.00. The summed E-state index contributed by atoms with van der Waals surface area (Å²) in [5, 5.41) is 24.0. The number of anilines is 2. The predicted molar refractivity (Wildman–Crippen MR) is 315 cm³/mol. The van der Waals surface area contributed by atoms with Crippen molar-refractivity contribution < 1.29 is 0 Å². The van der Waals surface area contributed by atoms with Gasteiger partial charge in [0.1, 0.15) is 11.4 Å². The summed E-state index contributed by atoms with van der Waals surface area (Å²) >= 11 is 0. The van der Waals surface area contributed by atoms with Crippen molar-refractivity contribution in [3.8, 4) is 56.3 Å². The third kappa shape index (κ3) is 10.8. The third-order valence-corrected chi connectivity index (χ3v) is 13.7. The lowest BCUT2D eigenvalue weighted by Gasteiger charge is -2.14. The highest BCUT2D eigenvalue weighted by Crippen LogP contribution is 2.35. The molecular weight excluding hydrogens is 967 g/mol. The molecule has 1 aliphatic heterocycles. The Morgan fingerprint density at radius 1 is 0.577 bits per heavy atom. The predicted octanol–water partition coefficient (Wildman–Crippen LogP) is 13.8. The molecule has 78 heavy (non-hydrogen) atoms. The number of H-pyrrole nitrogens is 3. The van der Waals surface area contributed by atoms with E-state index in [1.165, 1.54) is 18.4 Å². The molecule has 13 rings (SSSR count). The maximum Gasteiger partial charge on any atom is 0.159 e. The Morgan fingerprint density at radius 2 is 1.22 bits per heavy atom. The number of benzene rings is 3. The van der Waals surface area contributed by atoms with Crippen molar-refractivity contribution in [3.05, 3.63) is 213 Å². The Kier molecular flexibility index (Phi) is 14.7. The number of nitrogens with one attached hydrogen (secondary N) is 5.